The van der Waals surface area contributed by atoms with Crippen molar-refractivity contribution in [3.63, 3.8) is 0 Å². The first-order chi connectivity index (χ1) is 18.1. The molecule has 1 heterocycles. The lowest BCUT2D eigenvalue weighted by Crippen LogP contribution is -2.48. The van der Waals surface area contributed by atoms with Gasteiger partial charge in [-0.25, -0.2) is 4.98 Å². The van der Waals surface area contributed by atoms with E-state index in [2.05, 4.69) is 10.3 Å². The van der Waals surface area contributed by atoms with Gasteiger partial charge < -0.3 is 14.6 Å². The van der Waals surface area contributed by atoms with Crippen molar-refractivity contribution in [3.05, 3.63) is 90.8 Å². The number of carbonyl (C=O) groups is 2. The molecule has 1 N–H and O–H groups in total. The third-order valence-corrected chi connectivity index (χ3v) is 7.01. The maximum atomic E-state index is 14.1. The molecule has 2 amide bonds. The number of hydrogen-bond donors (Lipinski definition) is 1. The second-order valence-corrected chi connectivity index (χ2v) is 9.48. The van der Waals surface area contributed by atoms with Gasteiger partial charge in [0.15, 0.2) is 0 Å². The molecule has 0 bridgehead atoms. The fraction of sp³-hybridized carbons (Fsp3) is 0.300. The van der Waals surface area contributed by atoms with Crippen LogP contribution in [0.3, 0.4) is 0 Å². The first-order valence-electron chi connectivity index (χ1n) is 12.9. The van der Waals surface area contributed by atoms with E-state index in [0.717, 1.165) is 42.3 Å². The molecule has 7 nitrogen and oxygen atoms in total. The van der Waals surface area contributed by atoms with Crippen LogP contribution in [0.2, 0.25) is 0 Å². The zero-order chi connectivity index (χ0) is 25.6. The Hall–Kier alpha value is -4.13. The van der Waals surface area contributed by atoms with Crippen molar-refractivity contribution in [3.8, 4) is 5.75 Å². The molecule has 1 atom stereocenters. The number of anilines is 1. The number of imidazole rings is 1. The fourth-order valence-electron chi connectivity index (χ4n) is 5.14. The maximum Gasteiger partial charge on any atom is 0.248 e. The van der Waals surface area contributed by atoms with Gasteiger partial charge in [0.2, 0.25) is 11.8 Å². The molecule has 1 aliphatic carbocycles. The van der Waals surface area contributed by atoms with E-state index in [4.69, 9.17) is 4.74 Å². The van der Waals surface area contributed by atoms with Crippen molar-refractivity contribution >= 4 is 28.5 Å². The van der Waals surface area contributed by atoms with Gasteiger partial charge in [-0.05, 0) is 42.7 Å². The summed E-state index contributed by atoms with van der Waals surface area (Å²) < 4.78 is 7.29. The lowest BCUT2D eigenvalue weighted by Gasteiger charge is -2.33. The molecule has 190 valence electrons. The summed E-state index contributed by atoms with van der Waals surface area (Å²) in [4.78, 5) is 34.1. The largest absolute Gasteiger partial charge is 0.497 e. The monoisotopic (exact) mass is 496 g/mol. The minimum atomic E-state index is -0.836. The van der Waals surface area contributed by atoms with Gasteiger partial charge >= 0.3 is 0 Å². The number of amides is 2. The van der Waals surface area contributed by atoms with Gasteiger partial charge in [-0.3, -0.25) is 14.5 Å². The Balaban J connectivity index is 1.56. The van der Waals surface area contributed by atoms with Gasteiger partial charge in [0.05, 0.1) is 24.5 Å². The second kappa shape index (κ2) is 11.3. The number of ether oxygens (including phenoxy) is 1. The van der Waals surface area contributed by atoms with Crippen LogP contribution in [0.4, 0.5) is 5.69 Å². The quantitative estimate of drug-likeness (QED) is 0.361. The number of aromatic nitrogens is 2. The molecule has 1 aliphatic rings. The van der Waals surface area contributed by atoms with Gasteiger partial charge in [-0.1, -0.05) is 67.8 Å². The highest BCUT2D eigenvalue weighted by atomic mass is 16.5. The summed E-state index contributed by atoms with van der Waals surface area (Å²) in [6, 6.07) is 23.8. The number of fused-ring (bicyclic) bond motifs is 1. The number of rotatable bonds is 8. The molecule has 0 unspecified atom stereocenters. The first-order valence-corrected chi connectivity index (χ1v) is 12.9. The molecule has 1 fully saturated rings. The molecule has 1 saturated carbocycles. The third-order valence-electron chi connectivity index (χ3n) is 7.01. The third kappa shape index (κ3) is 5.50. The Morgan fingerprint density at radius 1 is 1.00 bits per heavy atom. The summed E-state index contributed by atoms with van der Waals surface area (Å²) in [6.45, 7) is 0.0394. The van der Waals surface area contributed by atoms with E-state index in [9.17, 15) is 9.59 Å². The van der Waals surface area contributed by atoms with Crippen LogP contribution in [0, 0.1) is 0 Å². The van der Waals surface area contributed by atoms with Crippen LogP contribution in [-0.2, 0) is 16.1 Å². The summed E-state index contributed by atoms with van der Waals surface area (Å²) in [5.41, 5.74) is 3.03. The molecule has 0 radical (unpaired) electrons. The van der Waals surface area contributed by atoms with Crippen molar-refractivity contribution in [2.24, 2.45) is 0 Å². The van der Waals surface area contributed by atoms with Crippen molar-refractivity contribution in [2.45, 2.75) is 50.7 Å². The summed E-state index contributed by atoms with van der Waals surface area (Å²) >= 11 is 0. The predicted octanol–water partition coefficient (Wildman–Crippen LogP) is 5.27. The molecular formula is C30H32N4O3. The van der Waals surface area contributed by atoms with E-state index in [0.29, 0.717) is 11.4 Å². The number of carbonyl (C=O) groups excluding carboxylic acids is 2. The zero-order valence-corrected chi connectivity index (χ0v) is 21.0. The van der Waals surface area contributed by atoms with E-state index < -0.39 is 6.04 Å². The molecule has 1 aromatic heterocycles. The predicted molar refractivity (Wildman–Crippen MR) is 144 cm³/mol. The Morgan fingerprint density at radius 2 is 1.76 bits per heavy atom. The van der Waals surface area contributed by atoms with E-state index in [1.165, 1.54) is 6.42 Å². The molecule has 37 heavy (non-hydrogen) atoms. The Kier molecular flexibility index (Phi) is 7.49. The van der Waals surface area contributed by atoms with Crippen molar-refractivity contribution < 1.29 is 14.3 Å². The summed E-state index contributed by atoms with van der Waals surface area (Å²) in [5.74, 6) is 0.219. The highest BCUT2D eigenvalue weighted by Gasteiger charge is 2.34. The SMILES string of the molecule is COc1cccc(N(C(=O)Cn2cnc3ccccc32)[C@@H](C(=O)NC2CCCCC2)c2ccccc2)c1. The minimum absolute atomic E-state index is 0.0394. The number of benzene rings is 3. The Labute approximate surface area is 217 Å². The van der Waals surface area contributed by atoms with Crippen LogP contribution in [0.1, 0.15) is 43.7 Å². The molecule has 0 saturated heterocycles. The molecule has 5 rings (SSSR count). The molecular weight excluding hydrogens is 464 g/mol. The molecule has 3 aromatic carbocycles. The van der Waals surface area contributed by atoms with Gasteiger partial charge in [0, 0.05) is 17.8 Å². The molecule has 0 spiro atoms. The fourth-order valence-corrected chi connectivity index (χ4v) is 5.14. The highest BCUT2D eigenvalue weighted by molar-refractivity contribution is 6.01. The number of nitrogens with zero attached hydrogens (tertiary/aromatic N) is 3. The van der Waals surface area contributed by atoms with E-state index in [1.54, 1.807) is 24.4 Å². The van der Waals surface area contributed by atoms with E-state index in [1.807, 2.05) is 77.4 Å². The summed E-state index contributed by atoms with van der Waals surface area (Å²) in [5, 5.41) is 3.26. The van der Waals surface area contributed by atoms with Crippen molar-refractivity contribution in [2.75, 3.05) is 12.0 Å². The lowest BCUT2D eigenvalue weighted by atomic mass is 9.94. The summed E-state index contributed by atoms with van der Waals surface area (Å²) in [6.07, 6.45) is 7.00. The van der Waals surface area contributed by atoms with Crippen LogP contribution in [0.15, 0.2) is 85.2 Å². The number of nitrogens with one attached hydrogen (secondary N) is 1. The number of para-hydroxylation sites is 2. The molecule has 7 heteroatoms. The number of hydrogen-bond acceptors (Lipinski definition) is 4. The smallest absolute Gasteiger partial charge is 0.248 e. The normalized spacial score (nSPS) is 14.7. The topological polar surface area (TPSA) is 76.5 Å². The average molecular weight is 497 g/mol. The van der Waals surface area contributed by atoms with Gasteiger partial charge in [-0.15, -0.1) is 0 Å². The minimum Gasteiger partial charge on any atom is -0.497 e. The van der Waals surface area contributed by atoms with Crippen molar-refractivity contribution in [1.82, 2.24) is 14.9 Å². The average Bonchev–Trinajstić information content (AvgIpc) is 3.35. The highest BCUT2D eigenvalue weighted by Crippen LogP contribution is 2.32. The van der Waals surface area contributed by atoms with Crippen molar-refractivity contribution in [1.29, 1.82) is 0 Å². The first kappa shape index (κ1) is 24.6. The molecule has 0 aliphatic heterocycles. The number of methoxy groups -OCH3 is 1. The Morgan fingerprint density at radius 3 is 2.54 bits per heavy atom. The van der Waals surface area contributed by atoms with Gasteiger partial charge in [0.25, 0.3) is 0 Å². The van der Waals surface area contributed by atoms with E-state index in [-0.39, 0.29) is 24.4 Å². The van der Waals surface area contributed by atoms with E-state index >= 15 is 0 Å². The second-order valence-electron chi connectivity index (χ2n) is 9.48. The molecule has 4 aromatic rings. The zero-order valence-electron chi connectivity index (χ0n) is 21.0. The summed E-state index contributed by atoms with van der Waals surface area (Å²) in [7, 11) is 1.59. The van der Waals surface area contributed by atoms with Crippen LogP contribution in [0.25, 0.3) is 11.0 Å². The standard InChI is InChI=1S/C30H32N4O3/c1-37-25-16-10-15-24(19-25)34(28(35)20-33-21-31-26-17-8-9-18-27(26)33)29(22-11-4-2-5-12-22)30(36)32-23-13-6-3-7-14-23/h2,4-5,8-12,15-19,21,23,29H,3,6-7,13-14,20H2,1H3,(H,32,36)/t29-/m1/s1. The van der Waals surface area contributed by atoms with Crippen LogP contribution in [0.5, 0.6) is 5.75 Å². The van der Waals surface area contributed by atoms with Gasteiger partial charge in [-0.2, -0.15) is 0 Å². The Bertz CT molecular complexity index is 1360. The van der Waals surface area contributed by atoms with Crippen LogP contribution < -0.4 is 15.0 Å². The van der Waals surface area contributed by atoms with Gasteiger partial charge in [0.1, 0.15) is 18.3 Å². The maximum absolute atomic E-state index is 14.1. The van der Waals surface area contributed by atoms with Crippen LogP contribution >= 0.6 is 0 Å². The van der Waals surface area contributed by atoms with Crippen LogP contribution in [-0.4, -0.2) is 34.5 Å². The lowest BCUT2D eigenvalue weighted by molar-refractivity contribution is -0.127.